The number of hydrogen-bond acceptors (Lipinski definition) is 3. The smallest absolute Gasteiger partial charge is 0.251 e. The lowest BCUT2D eigenvalue weighted by Gasteiger charge is -2.18. The molecular weight excluding hydrogens is 344 g/mol. The van der Waals surface area contributed by atoms with E-state index >= 15 is 0 Å². The minimum atomic E-state index is -3.84. The summed E-state index contributed by atoms with van der Waals surface area (Å²) in [6.07, 6.45) is 0.828. The molecule has 112 valence electrons. The fourth-order valence-electron chi connectivity index (χ4n) is 1.51. The fraction of sp³-hybridized carbons (Fsp3) is 0.462. The minimum absolute atomic E-state index is 0.0900. The first-order chi connectivity index (χ1) is 8.99. The Morgan fingerprint density at radius 2 is 1.90 bits per heavy atom. The third kappa shape index (κ3) is 5.60. The van der Waals surface area contributed by atoms with Crippen molar-refractivity contribution in [3.8, 4) is 0 Å². The Bertz CT molecular complexity index is 607. The van der Waals surface area contributed by atoms with Gasteiger partial charge in [0.1, 0.15) is 0 Å². The van der Waals surface area contributed by atoms with Gasteiger partial charge in [-0.2, -0.15) is 0 Å². The average Bonchev–Trinajstić information content (AvgIpc) is 2.25. The summed E-state index contributed by atoms with van der Waals surface area (Å²) >= 11 is 3.17. The van der Waals surface area contributed by atoms with Crippen LogP contribution in [-0.2, 0) is 10.0 Å². The maximum atomic E-state index is 12.0. The number of halogens is 1. The summed E-state index contributed by atoms with van der Waals surface area (Å²) < 4.78 is 23.2. The summed E-state index contributed by atoms with van der Waals surface area (Å²) in [5, 5.41) is 7.84. The molecule has 0 aromatic heterocycles. The Morgan fingerprint density at radius 1 is 1.30 bits per heavy atom. The van der Waals surface area contributed by atoms with E-state index in [0.717, 1.165) is 6.42 Å². The number of rotatable bonds is 4. The molecule has 1 aromatic rings. The number of amides is 1. The molecular formula is C13H19BrN2O3S. The number of carbonyl (C=O) groups excluding carboxylic acids is 1. The van der Waals surface area contributed by atoms with Gasteiger partial charge in [0.05, 0.1) is 4.90 Å². The molecule has 1 rings (SSSR count). The van der Waals surface area contributed by atoms with Crippen LogP contribution in [0.2, 0.25) is 0 Å². The van der Waals surface area contributed by atoms with Gasteiger partial charge >= 0.3 is 0 Å². The summed E-state index contributed by atoms with van der Waals surface area (Å²) in [5.41, 5.74) is 0.383. The predicted molar refractivity (Wildman–Crippen MR) is 81.9 cm³/mol. The van der Waals surface area contributed by atoms with E-state index in [0.29, 0.717) is 11.0 Å². The molecule has 0 fully saturated rings. The highest BCUT2D eigenvalue weighted by atomic mass is 79.9. The second kappa shape index (κ2) is 6.24. The summed E-state index contributed by atoms with van der Waals surface area (Å²) in [6, 6.07) is 4.19. The molecule has 0 saturated carbocycles. The van der Waals surface area contributed by atoms with E-state index in [4.69, 9.17) is 5.14 Å². The van der Waals surface area contributed by atoms with E-state index in [1.165, 1.54) is 12.1 Å². The van der Waals surface area contributed by atoms with Gasteiger partial charge in [-0.25, -0.2) is 13.6 Å². The van der Waals surface area contributed by atoms with Gasteiger partial charge < -0.3 is 5.32 Å². The van der Waals surface area contributed by atoms with Gasteiger partial charge in [-0.1, -0.05) is 36.7 Å². The standard InChI is InChI=1S/C13H19BrN2O3S/c1-13(2,3)4-5-16-12(17)9-6-10(14)8-11(7-9)20(15,18)19/h6-8H,4-5H2,1-3H3,(H,16,17)(H2,15,18,19). The van der Waals surface area contributed by atoms with Crippen LogP contribution >= 0.6 is 15.9 Å². The normalized spacial score (nSPS) is 12.2. The Labute approximate surface area is 128 Å². The molecule has 0 atom stereocenters. The van der Waals surface area contributed by atoms with Gasteiger partial charge in [0, 0.05) is 16.6 Å². The highest BCUT2D eigenvalue weighted by Crippen LogP contribution is 2.19. The molecule has 0 bridgehead atoms. The van der Waals surface area contributed by atoms with E-state index in [1.54, 1.807) is 6.07 Å². The molecule has 0 saturated heterocycles. The molecule has 0 unspecified atom stereocenters. The minimum Gasteiger partial charge on any atom is -0.352 e. The van der Waals surface area contributed by atoms with Gasteiger partial charge in [0.2, 0.25) is 10.0 Å². The number of benzene rings is 1. The Balaban J connectivity index is 2.86. The van der Waals surface area contributed by atoms with E-state index < -0.39 is 10.0 Å². The lowest BCUT2D eigenvalue weighted by atomic mass is 9.92. The third-order valence-corrected chi connectivity index (χ3v) is 3.97. The summed E-state index contributed by atoms with van der Waals surface area (Å²) in [7, 11) is -3.84. The predicted octanol–water partition coefficient (Wildman–Crippen LogP) is 2.26. The second-order valence-corrected chi connectivity index (χ2v) is 8.26. The van der Waals surface area contributed by atoms with Crippen LogP contribution in [0.1, 0.15) is 37.6 Å². The van der Waals surface area contributed by atoms with Crippen LogP contribution in [0.25, 0.3) is 0 Å². The molecule has 5 nitrogen and oxygen atoms in total. The summed E-state index contributed by atoms with van der Waals surface area (Å²) in [5.74, 6) is -0.319. The maximum Gasteiger partial charge on any atom is 0.251 e. The van der Waals surface area contributed by atoms with Crippen LogP contribution in [-0.4, -0.2) is 20.9 Å². The highest BCUT2D eigenvalue weighted by Gasteiger charge is 2.15. The van der Waals surface area contributed by atoms with Gasteiger partial charge in [-0.05, 0) is 30.0 Å². The fourth-order valence-corrected chi connectivity index (χ4v) is 2.74. The topological polar surface area (TPSA) is 89.3 Å². The number of sulfonamides is 1. The first-order valence-corrected chi connectivity index (χ1v) is 8.44. The Kier molecular flexibility index (Phi) is 5.34. The molecule has 0 heterocycles. The highest BCUT2D eigenvalue weighted by molar-refractivity contribution is 9.10. The van der Waals surface area contributed by atoms with Crippen LogP contribution in [0, 0.1) is 5.41 Å². The number of nitrogens with two attached hydrogens (primary N) is 1. The largest absolute Gasteiger partial charge is 0.352 e. The first-order valence-electron chi connectivity index (χ1n) is 6.11. The van der Waals surface area contributed by atoms with E-state index in [2.05, 4.69) is 42.0 Å². The zero-order valence-corrected chi connectivity index (χ0v) is 14.1. The first kappa shape index (κ1) is 17.1. The van der Waals surface area contributed by atoms with Crippen molar-refractivity contribution in [2.45, 2.75) is 32.1 Å². The Morgan fingerprint density at radius 3 is 2.40 bits per heavy atom. The quantitative estimate of drug-likeness (QED) is 0.860. The van der Waals surface area contributed by atoms with Gasteiger partial charge in [0.25, 0.3) is 5.91 Å². The van der Waals surface area contributed by atoms with E-state index in [-0.39, 0.29) is 21.8 Å². The number of hydrogen-bond donors (Lipinski definition) is 2. The molecule has 1 aromatic carbocycles. The molecule has 0 aliphatic rings. The van der Waals surface area contributed by atoms with Crippen molar-refractivity contribution >= 4 is 31.9 Å². The molecule has 20 heavy (non-hydrogen) atoms. The number of nitrogens with one attached hydrogen (secondary N) is 1. The second-order valence-electron chi connectivity index (χ2n) is 5.79. The van der Waals surface area contributed by atoms with Crippen LogP contribution in [0.5, 0.6) is 0 Å². The molecule has 0 aliphatic carbocycles. The van der Waals surface area contributed by atoms with Gasteiger partial charge in [-0.3, -0.25) is 4.79 Å². The van der Waals surface area contributed by atoms with Crippen LogP contribution < -0.4 is 10.5 Å². The van der Waals surface area contributed by atoms with Crippen molar-refractivity contribution in [1.29, 1.82) is 0 Å². The molecule has 7 heteroatoms. The van der Waals surface area contributed by atoms with E-state index in [1.807, 2.05) is 0 Å². The number of carbonyl (C=O) groups is 1. The van der Waals surface area contributed by atoms with Gasteiger partial charge in [-0.15, -0.1) is 0 Å². The summed E-state index contributed by atoms with van der Waals surface area (Å²) in [6.45, 7) is 6.77. The lowest BCUT2D eigenvalue weighted by Crippen LogP contribution is -2.27. The zero-order valence-electron chi connectivity index (χ0n) is 11.7. The van der Waals surface area contributed by atoms with Crippen LogP contribution in [0.4, 0.5) is 0 Å². The average molecular weight is 363 g/mol. The molecule has 0 radical (unpaired) electrons. The van der Waals surface area contributed by atoms with Crippen molar-refractivity contribution in [2.75, 3.05) is 6.54 Å². The van der Waals surface area contributed by atoms with Crippen molar-refractivity contribution in [3.05, 3.63) is 28.2 Å². The lowest BCUT2D eigenvalue weighted by molar-refractivity contribution is 0.0949. The SMILES string of the molecule is CC(C)(C)CCNC(=O)c1cc(Br)cc(S(N)(=O)=O)c1. The van der Waals surface area contributed by atoms with Crippen molar-refractivity contribution < 1.29 is 13.2 Å². The maximum absolute atomic E-state index is 12.0. The summed E-state index contributed by atoms with van der Waals surface area (Å²) in [4.78, 5) is 11.9. The van der Waals surface area contributed by atoms with Crippen molar-refractivity contribution in [2.24, 2.45) is 10.6 Å². The van der Waals surface area contributed by atoms with Gasteiger partial charge in [0.15, 0.2) is 0 Å². The van der Waals surface area contributed by atoms with Crippen molar-refractivity contribution in [1.82, 2.24) is 5.32 Å². The third-order valence-electron chi connectivity index (χ3n) is 2.62. The van der Waals surface area contributed by atoms with Crippen LogP contribution in [0.3, 0.4) is 0 Å². The Hall–Kier alpha value is -0.920. The number of primary sulfonamides is 1. The van der Waals surface area contributed by atoms with Crippen LogP contribution in [0.15, 0.2) is 27.6 Å². The van der Waals surface area contributed by atoms with E-state index in [9.17, 15) is 13.2 Å². The monoisotopic (exact) mass is 362 g/mol. The van der Waals surface area contributed by atoms with Crippen molar-refractivity contribution in [3.63, 3.8) is 0 Å². The molecule has 3 N–H and O–H groups in total. The zero-order chi connectivity index (χ0) is 15.6. The molecule has 0 spiro atoms. The molecule has 1 amide bonds. The molecule has 0 aliphatic heterocycles.